The van der Waals surface area contributed by atoms with Gasteiger partial charge in [-0.1, -0.05) is 0 Å². The smallest absolute Gasteiger partial charge is 0.263 e. The van der Waals surface area contributed by atoms with Crippen LogP contribution in [0.3, 0.4) is 0 Å². The molecule has 0 spiro atoms. The van der Waals surface area contributed by atoms with Gasteiger partial charge in [-0.2, -0.15) is 0 Å². The Labute approximate surface area is 219 Å². The van der Waals surface area contributed by atoms with Gasteiger partial charge in [-0.15, -0.1) is 0 Å². The van der Waals surface area contributed by atoms with Gasteiger partial charge in [0.2, 0.25) is 6.41 Å². The lowest BCUT2D eigenvalue weighted by atomic mass is 10.0. The molecule has 0 radical (unpaired) electrons. The molecular formula is C26H32FN5O6. The second-order valence-electron chi connectivity index (χ2n) is 10.5. The number of rotatable bonds is 9. The second-order valence-corrected chi connectivity index (χ2v) is 10.5. The minimum absolute atomic E-state index is 0.0402. The van der Waals surface area contributed by atoms with Crippen LogP contribution >= 0.6 is 0 Å². The van der Waals surface area contributed by atoms with Crippen molar-refractivity contribution >= 4 is 17.5 Å². The molecular weight excluding hydrogens is 497 g/mol. The van der Waals surface area contributed by atoms with Gasteiger partial charge in [0, 0.05) is 6.07 Å². The van der Waals surface area contributed by atoms with Crippen LogP contribution in [0.5, 0.6) is 11.5 Å². The molecule has 0 bridgehead atoms. The van der Waals surface area contributed by atoms with Crippen molar-refractivity contribution in [2.75, 3.05) is 56.3 Å². The van der Waals surface area contributed by atoms with E-state index < -0.39 is 12.0 Å². The Morgan fingerprint density at radius 2 is 2.18 bits per heavy atom. The number of pyridine rings is 1. The highest BCUT2D eigenvalue weighted by atomic mass is 19.1. The van der Waals surface area contributed by atoms with E-state index in [1.807, 2.05) is 6.07 Å². The first kappa shape index (κ1) is 25.3. The molecule has 3 atom stereocenters. The lowest BCUT2D eigenvalue weighted by molar-refractivity contribution is -0.118. The summed E-state index contributed by atoms with van der Waals surface area (Å²) in [6.07, 6.45) is 0.838. The maximum atomic E-state index is 14.7. The summed E-state index contributed by atoms with van der Waals surface area (Å²) >= 11 is 0. The fourth-order valence-corrected chi connectivity index (χ4v) is 5.30. The number of aliphatic hydroxyl groups is 1. The van der Waals surface area contributed by atoms with Crippen LogP contribution in [0, 0.1) is 11.7 Å². The van der Waals surface area contributed by atoms with Crippen molar-refractivity contribution in [3.8, 4) is 11.5 Å². The standard InChI is InChI=1S/C26H32FN5O6/c27-20-8-18(37-14-26(28)12-35-13-26)7-16-5-15(6-19(16)20)9-29-4-3-17-10-32(25(34)38-17)22-2-1-21-24(30-22)31-23(33)11-36-21/h1-2,7-8,15,17,25,29,34H,3-6,9-14,28H2,(H,30,31,33). The predicted octanol–water partition coefficient (Wildman–Crippen LogP) is 0.534. The van der Waals surface area contributed by atoms with E-state index in [0.29, 0.717) is 74.8 Å². The second kappa shape index (κ2) is 10.3. The van der Waals surface area contributed by atoms with Crippen molar-refractivity contribution in [3.63, 3.8) is 0 Å². The monoisotopic (exact) mass is 529 g/mol. The maximum absolute atomic E-state index is 14.7. The molecule has 1 aromatic carbocycles. The summed E-state index contributed by atoms with van der Waals surface area (Å²) in [6.45, 7) is 3.08. The van der Waals surface area contributed by atoms with Crippen LogP contribution in [0.4, 0.5) is 16.0 Å². The summed E-state index contributed by atoms with van der Waals surface area (Å²) in [6, 6.07) is 6.82. The number of nitrogens with one attached hydrogen (secondary N) is 2. The molecule has 0 saturated carbocycles. The fraction of sp³-hybridized carbons (Fsp3) is 0.538. The summed E-state index contributed by atoms with van der Waals surface area (Å²) < 4.78 is 36.7. The maximum Gasteiger partial charge on any atom is 0.263 e. The molecule has 6 rings (SSSR count). The number of carbonyl (C=O) groups is 1. The minimum atomic E-state index is -1.12. The van der Waals surface area contributed by atoms with Gasteiger partial charge in [0.25, 0.3) is 5.91 Å². The van der Waals surface area contributed by atoms with Gasteiger partial charge < -0.3 is 45.3 Å². The average Bonchev–Trinajstić information content (AvgIpc) is 3.47. The summed E-state index contributed by atoms with van der Waals surface area (Å²) in [5.74, 6) is 1.63. The van der Waals surface area contributed by atoms with E-state index in [-0.39, 0.29) is 24.4 Å². The van der Waals surface area contributed by atoms with Crippen LogP contribution in [0.2, 0.25) is 0 Å². The summed E-state index contributed by atoms with van der Waals surface area (Å²) in [4.78, 5) is 17.6. The predicted molar refractivity (Wildman–Crippen MR) is 135 cm³/mol. The van der Waals surface area contributed by atoms with Crippen LogP contribution in [0.15, 0.2) is 24.3 Å². The molecule has 4 aliphatic rings. The largest absolute Gasteiger partial charge is 0.491 e. The number of hydrogen-bond donors (Lipinski definition) is 4. The van der Waals surface area contributed by atoms with Crippen molar-refractivity contribution in [1.82, 2.24) is 10.3 Å². The quantitative estimate of drug-likeness (QED) is 0.340. The highest BCUT2D eigenvalue weighted by Crippen LogP contribution is 2.33. The van der Waals surface area contributed by atoms with Crippen molar-refractivity contribution in [3.05, 3.63) is 41.2 Å². The Kier molecular flexibility index (Phi) is 6.82. The zero-order valence-corrected chi connectivity index (χ0v) is 21.0. The van der Waals surface area contributed by atoms with Crippen LogP contribution in [-0.4, -0.2) is 80.1 Å². The number of benzene rings is 1. The van der Waals surface area contributed by atoms with Crippen LogP contribution in [-0.2, 0) is 27.1 Å². The molecule has 1 amide bonds. The van der Waals surface area contributed by atoms with E-state index in [9.17, 15) is 14.3 Å². The van der Waals surface area contributed by atoms with Gasteiger partial charge in [0.05, 0.1) is 31.4 Å². The van der Waals surface area contributed by atoms with Crippen molar-refractivity contribution in [2.45, 2.75) is 37.3 Å². The first-order chi connectivity index (χ1) is 18.3. The number of nitrogens with zero attached hydrogens (tertiary/aromatic N) is 2. The molecule has 2 fully saturated rings. The van der Waals surface area contributed by atoms with Gasteiger partial charge in [0.1, 0.15) is 24.0 Å². The molecule has 2 saturated heterocycles. The van der Waals surface area contributed by atoms with E-state index in [1.165, 1.54) is 6.07 Å². The van der Waals surface area contributed by atoms with Crippen molar-refractivity contribution in [2.24, 2.45) is 11.7 Å². The number of fused-ring (bicyclic) bond motifs is 2. The topological polar surface area (TPSA) is 140 Å². The first-order valence-corrected chi connectivity index (χ1v) is 12.9. The van der Waals surface area contributed by atoms with Gasteiger partial charge in [-0.25, -0.2) is 9.37 Å². The Bertz CT molecular complexity index is 1210. The fourth-order valence-electron chi connectivity index (χ4n) is 5.30. The molecule has 5 N–H and O–H groups in total. The molecule has 3 aliphatic heterocycles. The zero-order chi connectivity index (χ0) is 26.3. The number of anilines is 2. The number of hydrogen-bond acceptors (Lipinski definition) is 10. The van der Waals surface area contributed by atoms with Gasteiger partial charge in [-0.05, 0) is 67.6 Å². The van der Waals surface area contributed by atoms with Crippen LogP contribution in [0.25, 0.3) is 0 Å². The first-order valence-electron chi connectivity index (χ1n) is 12.9. The number of amides is 1. The third kappa shape index (κ3) is 5.27. The lowest BCUT2D eigenvalue weighted by Crippen LogP contribution is -2.61. The molecule has 4 heterocycles. The highest BCUT2D eigenvalue weighted by molar-refractivity contribution is 5.94. The Balaban J connectivity index is 0.956. The molecule has 1 aliphatic carbocycles. The molecule has 2 aromatic rings. The van der Waals surface area contributed by atoms with Crippen LogP contribution in [0.1, 0.15) is 17.5 Å². The Morgan fingerprint density at radius 1 is 1.32 bits per heavy atom. The molecule has 12 heteroatoms. The zero-order valence-electron chi connectivity index (χ0n) is 21.0. The number of nitrogens with two attached hydrogens (primary N) is 1. The number of ether oxygens (including phenoxy) is 4. The third-order valence-electron chi connectivity index (χ3n) is 7.38. The number of aliphatic hydroxyl groups excluding tert-OH is 1. The summed E-state index contributed by atoms with van der Waals surface area (Å²) in [7, 11) is 0. The minimum Gasteiger partial charge on any atom is -0.491 e. The van der Waals surface area contributed by atoms with Gasteiger partial charge in [0.15, 0.2) is 18.2 Å². The van der Waals surface area contributed by atoms with E-state index >= 15 is 0 Å². The van der Waals surface area contributed by atoms with Gasteiger partial charge >= 0.3 is 0 Å². The number of carbonyl (C=O) groups excluding carboxylic acids is 1. The van der Waals surface area contributed by atoms with E-state index in [2.05, 4.69) is 15.6 Å². The summed E-state index contributed by atoms with van der Waals surface area (Å²) in [5, 5.41) is 16.5. The summed E-state index contributed by atoms with van der Waals surface area (Å²) in [5.41, 5.74) is 7.37. The Morgan fingerprint density at radius 3 is 3.00 bits per heavy atom. The molecule has 11 nitrogen and oxygen atoms in total. The van der Waals surface area contributed by atoms with E-state index in [0.717, 1.165) is 24.1 Å². The third-order valence-corrected chi connectivity index (χ3v) is 7.38. The Hall–Kier alpha value is -3.03. The molecule has 204 valence electrons. The van der Waals surface area contributed by atoms with Crippen molar-refractivity contribution < 1.29 is 33.2 Å². The van der Waals surface area contributed by atoms with Gasteiger partial charge in [-0.3, -0.25) is 4.79 Å². The average molecular weight is 530 g/mol. The number of aromatic nitrogens is 1. The lowest BCUT2D eigenvalue weighted by Gasteiger charge is -2.37. The number of halogens is 1. The van der Waals surface area contributed by atoms with E-state index in [4.69, 9.17) is 24.7 Å². The molecule has 38 heavy (non-hydrogen) atoms. The van der Waals surface area contributed by atoms with Crippen LogP contribution < -0.4 is 30.7 Å². The highest BCUT2D eigenvalue weighted by Gasteiger charge is 2.36. The molecule has 1 aromatic heterocycles. The molecule has 3 unspecified atom stereocenters. The van der Waals surface area contributed by atoms with E-state index in [1.54, 1.807) is 17.0 Å². The SMILES string of the molecule is NC1(COc2cc(F)c3c(c2)CC(CNCCC2CN(c4ccc5c(n4)NC(=O)CO5)C(O)O2)C3)COC1. The van der Waals surface area contributed by atoms with Crippen molar-refractivity contribution in [1.29, 1.82) is 0 Å². The normalized spacial score (nSPS) is 25.3.